The van der Waals surface area contributed by atoms with Gasteiger partial charge in [-0.05, 0) is 37.6 Å². The van der Waals surface area contributed by atoms with Gasteiger partial charge in [0.15, 0.2) is 4.80 Å². The van der Waals surface area contributed by atoms with E-state index < -0.39 is 12.0 Å². The first-order valence-electron chi connectivity index (χ1n) is 10.3. The SMILES string of the molecule is CCOC(=O)C1=C(C)N=c2sc(=Cc3cnn(C)c3)c(=O)n2[C@@H]1c1ccc(N(C)C)cc1. The van der Waals surface area contributed by atoms with Crippen LogP contribution in [-0.4, -0.2) is 41.0 Å². The number of thiazole rings is 1. The van der Waals surface area contributed by atoms with Gasteiger partial charge in [0.05, 0.1) is 34.6 Å². The molecule has 0 fully saturated rings. The summed E-state index contributed by atoms with van der Waals surface area (Å²) in [6, 6.07) is 7.21. The van der Waals surface area contributed by atoms with Gasteiger partial charge in [-0.3, -0.25) is 14.0 Å². The molecule has 2 aromatic heterocycles. The summed E-state index contributed by atoms with van der Waals surface area (Å²) in [6.07, 6.45) is 5.34. The van der Waals surface area contributed by atoms with Crippen molar-refractivity contribution >= 4 is 29.1 Å². The summed E-state index contributed by atoms with van der Waals surface area (Å²) in [7, 11) is 5.75. The maximum atomic E-state index is 13.5. The molecule has 0 aliphatic carbocycles. The van der Waals surface area contributed by atoms with Crippen molar-refractivity contribution in [3.63, 3.8) is 0 Å². The summed E-state index contributed by atoms with van der Waals surface area (Å²) >= 11 is 1.30. The Morgan fingerprint density at radius 2 is 2.00 bits per heavy atom. The fraction of sp³-hybridized carbons (Fsp3) is 0.304. The minimum absolute atomic E-state index is 0.200. The summed E-state index contributed by atoms with van der Waals surface area (Å²) in [4.78, 5) is 33.5. The van der Waals surface area contributed by atoms with Crippen molar-refractivity contribution < 1.29 is 9.53 Å². The lowest BCUT2D eigenvalue weighted by Crippen LogP contribution is -2.39. The summed E-state index contributed by atoms with van der Waals surface area (Å²) in [5, 5.41) is 4.16. The summed E-state index contributed by atoms with van der Waals surface area (Å²) in [5.74, 6) is -0.461. The molecule has 1 aliphatic rings. The zero-order valence-corrected chi connectivity index (χ0v) is 19.5. The van der Waals surface area contributed by atoms with Crippen LogP contribution in [0.15, 0.2) is 57.7 Å². The van der Waals surface area contributed by atoms with Crippen LogP contribution in [0.2, 0.25) is 0 Å². The molecule has 0 bridgehead atoms. The van der Waals surface area contributed by atoms with E-state index in [0.29, 0.717) is 20.6 Å². The smallest absolute Gasteiger partial charge is 0.338 e. The number of fused-ring (bicyclic) bond motifs is 1. The second-order valence-corrected chi connectivity index (χ2v) is 8.74. The van der Waals surface area contributed by atoms with Crippen LogP contribution < -0.4 is 19.8 Å². The Bertz CT molecular complexity index is 1380. The van der Waals surface area contributed by atoms with Crippen molar-refractivity contribution in [1.29, 1.82) is 0 Å². The number of esters is 1. The fourth-order valence-electron chi connectivity index (χ4n) is 3.73. The van der Waals surface area contributed by atoms with E-state index in [0.717, 1.165) is 16.8 Å². The van der Waals surface area contributed by atoms with Gasteiger partial charge in [0.2, 0.25) is 0 Å². The highest BCUT2D eigenvalue weighted by Gasteiger charge is 2.33. The predicted octanol–water partition coefficient (Wildman–Crippen LogP) is 1.60. The number of hydrogen-bond acceptors (Lipinski definition) is 7. The van der Waals surface area contributed by atoms with Gasteiger partial charge in [0.1, 0.15) is 0 Å². The number of hydrogen-bond donors (Lipinski definition) is 0. The van der Waals surface area contributed by atoms with Crippen LogP contribution in [0.1, 0.15) is 31.0 Å². The highest BCUT2D eigenvalue weighted by atomic mass is 32.1. The van der Waals surface area contributed by atoms with Crippen molar-refractivity contribution in [3.8, 4) is 0 Å². The normalized spacial score (nSPS) is 16.0. The zero-order chi connectivity index (χ0) is 23.0. The first kappa shape index (κ1) is 21.8. The quantitative estimate of drug-likeness (QED) is 0.551. The predicted molar refractivity (Wildman–Crippen MR) is 124 cm³/mol. The minimum atomic E-state index is -0.613. The molecule has 0 unspecified atom stereocenters. The number of carbonyl (C=O) groups excluding carboxylic acids is 1. The van der Waals surface area contributed by atoms with E-state index >= 15 is 0 Å². The van der Waals surface area contributed by atoms with Crippen LogP contribution in [0.25, 0.3) is 6.08 Å². The number of benzene rings is 1. The average molecular weight is 452 g/mol. The highest BCUT2D eigenvalue weighted by Crippen LogP contribution is 2.31. The molecule has 0 N–H and O–H groups in total. The number of aromatic nitrogens is 3. The van der Waals surface area contributed by atoms with E-state index in [1.165, 1.54) is 11.3 Å². The molecule has 166 valence electrons. The van der Waals surface area contributed by atoms with Crippen LogP contribution in [0.5, 0.6) is 0 Å². The van der Waals surface area contributed by atoms with Gasteiger partial charge in [0.25, 0.3) is 5.56 Å². The molecule has 0 amide bonds. The molecular formula is C23H25N5O3S. The zero-order valence-electron chi connectivity index (χ0n) is 18.7. The van der Waals surface area contributed by atoms with Crippen LogP contribution >= 0.6 is 11.3 Å². The molecular weight excluding hydrogens is 426 g/mol. The number of ether oxygens (including phenoxy) is 1. The van der Waals surface area contributed by atoms with Crippen molar-refractivity contribution in [2.24, 2.45) is 12.0 Å². The lowest BCUT2D eigenvalue weighted by molar-refractivity contribution is -0.139. The second kappa shape index (κ2) is 8.58. The first-order chi connectivity index (χ1) is 15.3. The van der Waals surface area contributed by atoms with Crippen LogP contribution in [0.3, 0.4) is 0 Å². The molecule has 9 heteroatoms. The van der Waals surface area contributed by atoms with Gasteiger partial charge in [-0.15, -0.1) is 0 Å². The third kappa shape index (κ3) is 3.91. The molecule has 0 spiro atoms. The van der Waals surface area contributed by atoms with Crippen molar-refractivity contribution in [1.82, 2.24) is 14.3 Å². The standard InChI is InChI=1S/C23H25N5O3S/c1-6-31-22(30)19-14(2)25-23-28(20(19)16-7-9-17(10-8-16)26(3)4)21(29)18(32-23)11-15-12-24-27(5)13-15/h7-13,20H,6H2,1-5H3/t20-/m1/s1. The Hall–Kier alpha value is -3.46. The molecule has 1 atom stereocenters. The molecule has 0 saturated heterocycles. The largest absolute Gasteiger partial charge is 0.463 e. The number of anilines is 1. The molecule has 3 aromatic rings. The summed E-state index contributed by atoms with van der Waals surface area (Å²) < 4.78 is 9.14. The lowest BCUT2D eigenvalue weighted by atomic mass is 9.95. The molecule has 32 heavy (non-hydrogen) atoms. The summed E-state index contributed by atoms with van der Waals surface area (Å²) in [6.45, 7) is 3.79. The number of allylic oxidation sites excluding steroid dienone is 1. The third-order valence-corrected chi connectivity index (χ3v) is 6.25. The Morgan fingerprint density at radius 1 is 1.28 bits per heavy atom. The first-order valence-corrected chi connectivity index (χ1v) is 11.1. The Kier molecular flexibility index (Phi) is 5.84. The van der Waals surface area contributed by atoms with Gasteiger partial charge in [0, 0.05) is 38.6 Å². The number of rotatable bonds is 5. The third-order valence-electron chi connectivity index (χ3n) is 5.26. The van der Waals surface area contributed by atoms with Crippen molar-refractivity contribution in [2.45, 2.75) is 19.9 Å². The van der Waals surface area contributed by atoms with E-state index in [4.69, 9.17) is 4.74 Å². The summed E-state index contributed by atoms with van der Waals surface area (Å²) in [5.41, 5.74) is 3.40. The van der Waals surface area contributed by atoms with E-state index in [-0.39, 0.29) is 12.2 Å². The topological polar surface area (TPSA) is 81.7 Å². The highest BCUT2D eigenvalue weighted by molar-refractivity contribution is 7.07. The van der Waals surface area contributed by atoms with Gasteiger partial charge in [-0.1, -0.05) is 23.5 Å². The minimum Gasteiger partial charge on any atom is -0.463 e. The van der Waals surface area contributed by atoms with Gasteiger partial charge in [-0.25, -0.2) is 9.79 Å². The number of aryl methyl sites for hydroxylation is 1. The monoisotopic (exact) mass is 451 g/mol. The van der Waals surface area contributed by atoms with Gasteiger partial charge < -0.3 is 9.64 Å². The maximum absolute atomic E-state index is 13.5. The Balaban J connectivity index is 1.93. The van der Waals surface area contributed by atoms with Crippen LogP contribution in [0.4, 0.5) is 5.69 Å². The molecule has 0 saturated carbocycles. The lowest BCUT2D eigenvalue weighted by Gasteiger charge is -2.25. The van der Waals surface area contributed by atoms with Gasteiger partial charge >= 0.3 is 5.97 Å². The van der Waals surface area contributed by atoms with E-state index in [1.807, 2.05) is 56.5 Å². The van der Waals surface area contributed by atoms with Crippen molar-refractivity contribution in [3.05, 3.63) is 78.7 Å². The number of nitrogens with zero attached hydrogens (tertiary/aromatic N) is 5. The molecule has 4 rings (SSSR count). The van der Waals surface area contributed by atoms with Gasteiger partial charge in [-0.2, -0.15) is 5.10 Å². The molecule has 1 aliphatic heterocycles. The Morgan fingerprint density at radius 3 is 2.59 bits per heavy atom. The molecule has 8 nitrogen and oxygen atoms in total. The molecule has 3 heterocycles. The maximum Gasteiger partial charge on any atom is 0.338 e. The second-order valence-electron chi connectivity index (χ2n) is 7.74. The number of carbonyl (C=O) groups is 1. The van der Waals surface area contributed by atoms with E-state index in [9.17, 15) is 9.59 Å². The molecule has 1 aromatic carbocycles. The van der Waals surface area contributed by atoms with Crippen LogP contribution in [-0.2, 0) is 16.6 Å². The van der Waals surface area contributed by atoms with E-state index in [1.54, 1.807) is 35.4 Å². The fourth-order valence-corrected chi connectivity index (χ4v) is 4.77. The average Bonchev–Trinajstić information content (AvgIpc) is 3.30. The Labute approximate surface area is 189 Å². The van der Waals surface area contributed by atoms with Crippen LogP contribution in [0, 0.1) is 0 Å². The molecule has 0 radical (unpaired) electrons. The van der Waals surface area contributed by atoms with E-state index in [2.05, 4.69) is 10.1 Å². The van der Waals surface area contributed by atoms with Crippen molar-refractivity contribution in [2.75, 3.05) is 25.6 Å².